The number of Topliss-reactive ketones (excluding diaryl/α,β-unsaturated/α-hetero) is 1. The van der Waals surface area contributed by atoms with Crippen LogP contribution >= 0.6 is 0 Å². The quantitative estimate of drug-likeness (QED) is 0.759. The van der Waals surface area contributed by atoms with Gasteiger partial charge in [0, 0.05) is 12.3 Å². The van der Waals surface area contributed by atoms with Crippen LogP contribution in [0.5, 0.6) is 0 Å². The Morgan fingerprint density at radius 1 is 1.50 bits per heavy atom. The van der Waals surface area contributed by atoms with Crippen molar-refractivity contribution in [1.29, 1.82) is 0 Å². The molecule has 1 aliphatic rings. The van der Waals surface area contributed by atoms with Crippen molar-refractivity contribution in [3.05, 3.63) is 0 Å². The summed E-state index contributed by atoms with van der Waals surface area (Å²) in [6, 6.07) is 0. The number of carbonyl (C=O) groups excluding carboxylic acids is 1. The lowest BCUT2D eigenvalue weighted by molar-refractivity contribution is -0.125. The third-order valence-electron chi connectivity index (χ3n) is 3.12. The van der Waals surface area contributed by atoms with E-state index in [9.17, 15) is 9.18 Å². The van der Waals surface area contributed by atoms with Crippen LogP contribution in [0.15, 0.2) is 0 Å². The van der Waals surface area contributed by atoms with E-state index in [2.05, 4.69) is 0 Å². The Hall–Kier alpha value is -0.440. The maximum Gasteiger partial charge on any atom is 0.135 e. The van der Waals surface area contributed by atoms with Gasteiger partial charge in [-0.05, 0) is 32.1 Å². The highest BCUT2D eigenvalue weighted by atomic mass is 19.1. The minimum absolute atomic E-state index is 0.0466. The molecule has 14 heavy (non-hydrogen) atoms. The Balaban J connectivity index is 2.39. The van der Waals surface area contributed by atoms with Crippen molar-refractivity contribution in [2.45, 2.75) is 51.1 Å². The second-order valence-corrected chi connectivity index (χ2v) is 4.30. The van der Waals surface area contributed by atoms with Crippen molar-refractivity contribution in [2.75, 3.05) is 6.61 Å². The van der Waals surface area contributed by atoms with Gasteiger partial charge in [-0.25, -0.2) is 4.39 Å². The number of aliphatic hydroxyl groups is 1. The number of carbonyl (C=O) groups is 1. The summed E-state index contributed by atoms with van der Waals surface area (Å²) in [5, 5.41) is 8.82. The Morgan fingerprint density at radius 3 is 2.50 bits per heavy atom. The summed E-state index contributed by atoms with van der Waals surface area (Å²) in [4.78, 5) is 11.5. The largest absolute Gasteiger partial charge is 0.393 e. The molecule has 0 unspecified atom stereocenters. The van der Waals surface area contributed by atoms with Gasteiger partial charge in [-0.3, -0.25) is 4.79 Å². The molecular formula is C11H19FO2. The normalized spacial score (nSPS) is 32.9. The van der Waals surface area contributed by atoms with Crippen molar-refractivity contribution in [3.63, 3.8) is 0 Å². The Bertz CT molecular complexity index is 195. The summed E-state index contributed by atoms with van der Waals surface area (Å²) >= 11 is 0. The second kappa shape index (κ2) is 4.87. The summed E-state index contributed by atoms with van der Waals surface area (Å²) in [5.74, 6) is 0.317. The van der Waals surface area contributed by atoms with E-state index in [1.165, 1.54) is 0 Å². The molecule has 3 heteroatoms. The van der Waals surface area contributed by atoms with Crippen LogP contribution in [0, 0.1) is 5.92 Å². The first-order valence-corrected chi connectivity index (χ1v) is 5.44. The molecule has 1 fully saturated rings. The highest BCUT2D eigenvalue weighted by Gasteiger charge is 2.36. The summed E-state index contributed by atoms with van der Waals surface area (Å²) < 4.78 is 13.6. The molecule has 0 spiro atoms. The first-order valence-electron chi connectivity index (χ1n) is 5.44. The molecule has 1 aliphatic carbocycles. The summed E-state index contributed by atoms with van der Waals surface area (Å²) in [6.45, 7) is 1.58. The number of hydrogen-bond acceptors (Lipinski definition) is 2. The van der Waals surface area contributed by atoms with Gasteiger partial charge in [0.1, 0.15) is 11.5 Å². The second-order valence-electron chi connectivity index (χ2n) is 4.30. The van der Waals surface area contributed by atoms with E-state index in [0.717, 1.165) is 6.42 Å². The van der Waals surface area contributed by atoms with E-state index in [1.807, 2.05) is 6.92 Å². The predicted molar refractivity (Wildman–Crippen MR) is 52.8 cm³/mol. The number of ketones is 1. The molecule has 0 aliphatic heterocycles. The molecule has 0 aromatic carbocycles. The van der Waals surface area contributed by atoms with Crippen molar-refractivity contribution in [1.82, 2.24) is 0 Å². The molecule has 0 bridgehead atoms. The molecule has 2 nitrogen and oxygen atoms in total. The number of aliphatic hydroxyl groups excluding tert-OH is 1. The van der Waals surface area contributed by atoms with Gasteiger partial charge in [-0.1, -0.05) is 6.92 Å². The van der Waals surface area contributed by atoms with E-state index in [-0.39, 0.29) is 11.7 Å². The van der Waals surface area contributed by atoms with E-state index in [4.69, 9.17) is 5.11 Å². The van der Waals surface area contributed by atoms with Crippen molar-refractivity contribution in [2.24, 2.45) is 5.92 Å². The van der Waals surface area contributed by atoms with Crippen LogP contribution in [0.3, 0.4) is 0 Å². The van der Waals surface area contributed by atoms with Crippen LogP contribution in [-0.4, -0.2) is 23.2 Å². The number of hydrogen-bond donors (Lipinski definition) is 1. The van der Waals surface area contributed by atoms with Crippen LogP contribution in [0.4, 0.5) is 4.39 Å². The topological polar surface area (TPSA) is 37.3 Å². The molecule has 0 aromatic rings. The average molecular weight is 202 g/mol. The highest BCUT2D eigenvalue weighted by Crippen LogP contribution is 2.35. The standard InChI is InChI=1S/C11H19FO2/c1-2-3-10(14)9-4-6-11(12,8-13)7-5-9/h9,13H,2-8H2,1H3. The fourth-order valence-corrected chi connectivity index (χ4v) is 2.07. The Labute approximate surface area is 84.5 Å². The van der Waals surface area contributed by atoms with Gasteiger partial charge < -0.3 is 5.11 Å². The summed E-state index contributed by atoms with van der Waals surface area (Å²) in [5.41, 5.74) is -1.41. The maximum atomic E-state index is 13.6. The third-order valence-corrected chi connectivity index (χ3v) is 3.12. The van der Waals surface area contributed by atoms with Crippen molar-refractivity contribution in [3.8, 4) is 0 Å². The van der Waals surface area contributed by atoms with Crippen molar-refractivity contribution >= 4 is 5.78 Å². The monoisotopic (exact) mass is 202 g/mol. The molecule has 82 valence electrons. The average Bonchev–Trinajstić information content (AvgIpc) is 2.19. The number of alkyl halides is 1. The third kappa shape index (κ3) is 2.77. The van der Waals surface area contributed by atoms with Crippen LogP contribution in [0.2, 0.25) is 0 Å². The zero-order valence-corrected chi connectivity index (χ0v) is 8.76. The van der Waals surface area contributed by atoms with E-state index < -0.39 is 12.3 Å². The molecule has 1 saturated carbocycles. The van der Waals surface area contributed by atoms with Crippen molar-refractivity contribution < 1.29 is 14.3 Å². The number of rotatable bonds is 4. The van der Waals surface area contributed by atoms with Gasteiger partial charge in [-0.2, -0.15) is 0 Å². The van der Waals surface area contributed by atoms with Gasteiger partial charge in [-0.15, -0.1) is 0 Å². The van der Waals surface area contributed by atoms with Crippen LogP contribution in [0.1, 0.15) is 45.4 Å². The van der Waals surface area contributed by atoms with Gasteiger partial charge in [0.25, 0.3) is 0 Å². The Morgan fingerprint density at radius 2 is 2.07 bits per heavy atom. The molecule has 1 N–H and O–H groups in total. The lowest BCUT2D eigenvalue weighted by atomic mass is 9.78. The molecule has 0 aromatic heterocycles. The van der Waals surface area contributed by atoms with Crippen LogP contribution < -0.4 is 0 Å². The Kier molecular flexibility index (Phi) is 4.05. The molecular weight excluding hydrogens is 183 g/mol. The fourth-order valence-electron chi connectivity index (χ4n) is 2.07. The smallest absolute Gasteiger partial charge is 0.135 e. The molecule has 0 amide bonds. The summed E-state index contributed by atoms with van der Waals surface area (Å²) in [7, 11) is 0. The lowest BCUT2D eigenvalue weighted by Crippen LogP contribution is -2.35. The predicted octanol–water partition coefficient (Wildman–Crippen LogP) is 2.25. The maximum absolute atomic E-state index is 13.6. The molecule has 1 rings (SSSR count). The van der Waals surface area contributed by atoms with Gasteiger partial charge in [0.2, 0.25) is 0 Å². The first-order chi connectivity index (χ1) is 6.61. The summed E-state index contributed by atoms with van der Waals surface area (Å²) in [6.07, 6.45) is 3.37. The SMILES string of the molecule is CCCC(=O)C1CCC(F)(CO)CC1. The fraction of sp³-hybridized carbons (Fsp3) is 0.909. The minimum Gasteiger partial charge on any atom is -0.393 e. The number of halogens is 1. The van der Waals surface area contributed by atoms with Gasteiger partial charge >= 0.3 is 0 Å². The van der Waals surface area contributed by atoms with E-state index in [0.29, 0.717) is 32.1 Å². The van der Waals surface area contributed by atoms with Gasteiger partial charge in [0.05, 0.1) is 6.61 Å². The zero-order valence-electron chi connectivity index (χ0n) is 8.76. The molecule has 0 heterocycles. The molecule has 0 saturated heterocycles. The van der Waals surface area contributed by atoms with E-state index in [1.54, 1.807) is 0 Å². The van der Waals surface area contributed by atoms with Crippen LogP contribution in [-0.2, 0) is 4.79 Å². The zero-order chi connectivity index (χ0) is 10.6. The molecule has 0 atom stereocenters. The van der Waals surface area contributed by atoms with Crippen LogP contribution in [0.25, 0.3) is 0 Å². The molecule has 0 radical (unpaired) electrons. The minimum atomic E-state index is -1.41. The van der Waals surface area contributed by atoms with Gasteiger partial charge in [0.15, 0.2) is 0 Å². The highest BCUT2D eigenvalue weighted by molar-refractivity contribution is 5.81. The van der Waals surface area contributed by atoms with E-state index >= 15 is 0 Å². The first kappa shape index (κ1) is 11.6. The lowest BCUT2D eigenvalue weighted by Gasteiger charge is -2.31.